The minimum absolute atomic E-state index is 0.320. The Labute approximate surface area is 121 Å². The molecule has 0 saturated carbocycles. The third-order valence-corrected chi connectivity index (χ3v) is 4.98. The minimum atomic E-state index is 0.320. The highest BCUT2D eigenvalue weighted by molar-refractivity contribution is 7.11. The monoisotopic (exact) mass is 281 g/mol. The van der Waals surface area contributed by atoms with Crippen LogP contribution in [-0.2, 0) is 6.54 Å². The van der Waals surface area contributed by atoms with Crippen molar-refractivity contribution < 1.29 is 0 Å². The molecule has 3 nitrogen and oxygen atoms in total. The van der Waals surface area contributed by atoms with E-state index in [1.165, 1.54) is 16.3 Å². The van der Waals surface area contributed by atoms with E-state index in [1.807, 2.05) is 17.5 Å². The lowest BCUT2D eigenvalue weighted by Gasteiger charge is -2.44. The van der Waals surface area contributed by atoms with E-state index in [0.29, 0.717) is 17.5 Å². The van der Waals surface area contributed by atoms with Gasteiger partial charge < -0.3 is 5.32 Å². The third kappa shape index (κ3) is 3.77. The summed E-state index contributed by atoms with van der Waals surface area (Å²) in [5.41, 5.74) is 0.320. The topological polar surface area (TPSA) is 28.2 Å². The normalized spacial score (nSPS) is 25.7. The van der Waals surface area contributed by atoms with Crippen LogP contribution in [0.4, 0.5) is 0 Å². The molecule has 0 bridgehead atoms. The van der Waals surface area contributed by atoms with Crippen LogP contribution in [0.3, 0.4) is 0 Å². The van der Waals surface area contributed by atoms with Gasteiger partial charge in [0.1, 0.15) is 0 Å². The molecule has 1 aromatic rings. The fourth-order valence-corrected chi connectivity index (χ4v) is 3.53. The maximum atomic E-state index is 4.38. The lowest BCUT2D eigenvalue weighted by Crippen LogP contribution is -2.59. The van der Waals surface area contributed by atoms with Crippen molar-refractivity contribution in [1.82, 2.24) is 15.2 Å². The molecular formula is C15H27N3S. The predicted molar refractivity (Wildman–Crippen MR) is 82.6 cm³/mol. The number of hydrogen-bond acceptors (Lipinski definition) is 4. The molecule has 2 atom stereocenters. The second kappa shape index (κ2) is 5.90. The molecule has 0 aliphatic carbocycles. The number of aromatic nitrogens is 1. The highest BCUT2D eigenvalue weighted by Gasteiger charge is 2.33. The lowest BCUT2D eigenvalue weighted by molar-refractivity contribution is 0.0783. The Balaban J connectivity index is 2.05. The summed E-state index contributed by atoms with van der Waals surface area (Å²) >= 11 is 1.83. The number of rotatable bonds is 3. The summed E-state index contributed by atoms with van der Waals surface area (Å²) in [7, 11) is 0. The van der Waals surface area contributed by atoms with E-state index < -0.39 is 0 Å². The van der Waals surface area contributed by atoms with Crippen LogP contribution in [0.25, 0.3) is 0 Å². The molecule has 0 aromatic carbocycles. The maximum Gasteiger partial charge on any atom is 0.0897 e. The fourth-order valence-electron chi connectivity index (χ4n) is 2.71. The van der Waals surface area contributed by atoms with Gasteiger partial charge in [0.2, 0.25) is 0 Å². The van der Waals surface area contributed by atoms with Crippen LogP contribution in [-0.4, -0.2) is 35.1 Å². The Kier molecular flexibility index (Phi) is 4.64. The maximum absolute atomic E-state index is 4.38. The van der Waals surface area contributed by atoms with E-state index in [-0.39, 0.29) is 0 Å². The Bertz CT molecular complexity index is 408. The summed E-state index contributed by atoms with van der Waals surface area (Å²) in [6.45, 7) is 14.6. The van der Waals surface area contributed by atoms with Crippen molar-refractivity contribution in [3.63, 3.8) is 0 Å². The molecule has 108 valence electrons. The first-order valence-electron chi connectivity index (χ1n) is 7.29. The zero-order valence-corrected chi connectivity index (χ0v) is 13.7. The number of nitrogens with zero attached hydrogens (tertiary/aromatic N) is 2. The molecule has 0 radical (unpaired) electrons. The van der Waals surface area contributed by atoms with Gasteiger partial charge in [0, 0.05) is 42.8 Å². The number of nitrogens with one attached hydrogen (secondary N) is 1. The molecule has 1 saturated heterocycles. The molecule has 1 N–H and O–H groups in total. The predicted octanol–water partition coefficient (Wildman–Crippen LogP) is 3.05. The van der Waals surface area contributed by atoms with Gasteiger partial charge in [0.05, 0.1) is 5.01 Å². The SMILES string of the molecule is CCC1CNC(C(C)(C)C)CN1Cc1cnc(C)s1. The van der Waals surface area contributed by atoms with Crippen LogP contribution in [0.1, 0.15) is 44.0 Å². The number of hydrogen-bond donors (Lipinski definition) is 1. The van der Waals surface area contributed by atoms with Crippen molar-refractivity contribution in [1.29, 1.82) is 0 Å². The van der Waals surface area contributed by atoms with Gasteiger partial charge in [0.15, 0.2) is 0 Å². The molecule has 1 aliphatic heterocycles. The van der Waals surface area contributed by atoms with Crippen molar-refractivity contribution in [2.24, 2.45) is 5.41 Å². The summed E-state index contributed by atoms with van der Waals surface area (Å²) in [4.78, 5) is 8.41. The summed E-state index contributed by atoms with van der Waals surface area (Å²) in [5.74, 6) is 0. The van der Waals surface area contributed by atoms with E-state index in [2.05, 4.69) is 49.8 Å². The Morgan fingerprint density at radius 2 is 2.21 bits per heavy atom. The van der Waals surface area contributed by atoms with E-state index in [9.17, 15) is 0 Å². The van der Waals surface area contributed by atoms with Gasteiger partial charge in [-0.05, 0) is 18.8 Å². The zero-order chi connectivity index (χ0) is 14.0. The van der Waals surface area contributed by atoms with Crippen LogP contribution in [0.2, 0.25) is 0 Å². The number of piperazine rings is 1. The van der Waals surface area contributed by atoms with E-state index in [0.717, 1.165) is 19.6 Å². The van der Waals surface area contributed by atoms with Gasteiger partial charge in [-0.1, -0.05) is 27.7 Å². The molecule has 1 aliphatic rings. The van der Waals surface area contributed by atoms with Crippen molar-refractivity contribution >= 4 is 11.3 Å². The van der Waals surface area contributed by atoms with Crippen LogP contribution in [0, 0.1) is 12.3 Å². The summed E-state index contributed by atoms with van der Waals surface area (Å²) in [6.07, 6.45) is 3.25. The summed E-state index contributed by atoms with van der Waals surface area (Å²) in [5, 5.41) is 4.90. The van der Waals surface area contributed by atoms with Gasteiger partial charge in [-0.25, -0.2) is 4.98 Å². The average Bonchev–Trinajstić information content (AvgIpc) is 2.73. The van der Waals surface area contributed by atoms with Gasteiger partial charge >= 0.3 is 0 Å². The van der Waals surface area contributed by atoms with Crippen LogP contribution < -0.4 is 5.32 Å². The van der Waals surface area contributed by atoms with Gasteiger partial charge in [0.25, 0.3) is 0 Å². The lowest BCUT2D eigenvalue weighted by atomic mass is 9.84. The molecule has 2 rings (SSSR count). The van der Waals surface area contributed by atoms with Crippen molar-refractivity contribution in [3.8, 4) is 0 Å². The van der Waals surface area contributed by atoms with Gasteiger partial charge in [-0.2, -0.15) is 0 Å². The van der Waals surface area contributed by atoms with Crippen LogP contribution >= 0.6 is 11.3 Å². The van der Waals surface area contributed by atoms with Crippen molar-refractivity contribution in [3.05, 3.63) is 16.1 Å². The molecular weight excluding hydrogens is 254 g/mol. The van der Waals surface area contributed by atoms with Crippen molar-refractivity contribution in [2.45, 2.75) is 59.7 Å². The standard InChI is InChI=1S/C15H27N3S/c1-6-12-7-17-14(15(3,4)5)10-18(12)9-13-8-16-11(2)19-13/h8,12,14,17H,6-7,9-10H2,1-5H3. The fraction of sp³-hybridized carbons (Fsp3) is 0.800. The average molecular weight is 281 g/mol. The second-order valence-corrected chi connectivity index (χ2v) is 7.98. The van der Waals surface area contributed by atoms with Gasteiger partial charge in [-0.3, -0.25) is 4.90 Å². The largest absolute Gasteiger partial charge is 0.311 e. The van der Waals surface area contributed by atoms with E-state index in [1.54, 1.807) is 0 Å². The second-order valence-electron chi connectivity index (χ2n) is 6.66. The third-order valence-electron chi connectivity index (χ3n) is 4.08. The smallest absolute Gasteiger partial charge is 0.0897 e. The van der Waals surface area contributed by atoms with Crippen molar-refractivity contribution in [2.75, 3.05) is 13.1 Å². The first-order valence-corrected chi connectivity index (χ1v) is 8.10. The molecule has 0 amide bonds. The Morgan fingerprint density at radius 3 is 2.74 bits per heavy atom. The summed E-state index contributed by atoms with van der Waals surface area (Å²) < 4.78 is 0. The zero-order valence-electron chi connectivity index (χ0n) is 12.9. The molecule has 4 heteroatoms. The summed E-state index contributed by atoms with van der Waals surface area (Å²) in [6, 6.07) is 1.23. The Morgan fingerprint density at radius 1 is 1.47 bits per heavy atom. The highest BCUT2D eigenvalue weighted by Crippen LogP contribution is 2.26. The Hall–Kier alpha value is -0.450. The van der Waals surface area contributed by atoms with Gasteiger partial charge in [-0.15, -0.1) is 11.3 Å². The molecule has 1 fully saturated rings. The van der Waals surface area contributed by atoms with E-state index >= 15 is 0 Å². The molecule has 0 spiro atoms. The highest BCUT2D eigenvalue weighted by atomic mass is 32.1. The van der Waals surface area contributed by atoms with Crippen LogP contribution in [0.5, 0.6) is 0 Å². The minimum Gasteiger partial charge on any atom is -0.311 e. The number of aryl methyl sites for hydroxylation is 1. The molecule has 2 heterocycles. The van der Waals surface area contributed by atoms with E-state index in [4.69, 9.17) is 0 Å². The molecule has 19 heavy (non-hydrogen) atoms. The molecule has 1 aromatic heterocycles. The van der Waals surface area contributed by atoms with Crippen LogP contribution in [0.15, 0.2) is 6.20 Å². The quantitative estimate of drug-likeness (QED) is 0.923. The number of thiazole rings is 1. The first kappa shape index (κ1) is 14.9. The molecule has 2 unspecified atom stereocenters. The first-order chi connectivity index (χ1) is 8.90.